The number of nitrogens with one attached hydrogen (secondary N) is 1. The second-order valence-electron chi connectivity index (χ2n) is 7.22. The highest BCUT2D eigenvalue weighted by molar-refractivity contribution is 5.68. The molecule has 0 aromatic rings. The van der Waals surface area contributed by atoms with Gasteiger partial charge >= 0.3 is 6.09 Å². The smallest absolute Gasteiger partial charge is 0.410 e. The summed E-state index contributed by atoms with van der Waals surface area (Å²) in [6.45, 7) is 9.38. The monoisotopic (exact) mass is 302 g/mol. The van der Waals surface area contributed by atoms with Crippen molar-refractivity contribution < 1.29 is 19.7 Å². The summed E-state index contributed by atoms with van der Waals surface area (Å²) in [5.41, 5.74) is -1.57. The number of amides is 1. The highest BCUT2D eigenvalue weighted by Gasteiger charge is 2.28. The van der Waals surface area contributed by atoms with Gasteiger partial charge in [-0.15, -0.1) is 0 Å². The van der Waals surface area contributed by atoms with Crippen LogP contribution < -0.4 is 5.32 Å². The van der Waals surface area contributed by atoms with Gasteiger partial charge in [-0.3, -0.25) is 0 Å². The molecule has 0 saturated carbocycles. The number of rotatable bonds is 5. The molecule has 0 aromatic carbocycles. The number of carbonyl (C=O) groups is 1. The highest BCUT2D eigenvalue weighted by Crippen LogP contribution is 2.19. The zero-order valence-corrected chi connectivity index (χ0v) is 13.7. The average Bonchev–Trinajstić information content (AvgIpc) is 2.37. The molecular weight excluding hydrogens is 272 g/mol. The molecule has 1 fully saturated rings. The first-order valence-corrected chi connectivity index (χ1v) is 7.65. The number of ether oxygens (including phenoxy) is 1. The van der Waals surface area contributed by atoms with Crippen molar-refractivity contribution >= 4 is 6.09 Å². The Labute approximate surface area is 127 Å². The zero-order chi connectivity index (χ0) is 16.1. The number of piperidine rings is 1. The van der Waals surface area contributed by atoms with Crippen LogP contribution in [0.3, 0.4) is 0 Å². The Hall–Kier alpha value is -0.850. The number of aliphatic hydroxyl groups is 2. The van der Waals surface area contributed by atoms with Crippen molar-refractivity contribution in [1.29, 1.82) is 0 Å². The fourth-order valence-electron chi connectivity index (χ4n) is 2.33. The SMILES string of the molecule is CC(O)(CO)CNCC1CCCN(C(=O)OC(C)(C)C)C1. The Morgan fingerprint density at radius 2 is 2.05 bits per heavy atom. The van der Waals surface area contributed by atoms with Crippen molar-refractivity contribution in [2.75, 3.05) is 32.8 Å². The lowest BCUT2D eigenvalue weighted by Crippen LogP contribution is -2.47. The molecule has 2 atom stereocenters. The first-order chi connectivity index (χ1) is 9.63. The number of carbonyl (C=O) groups excluding carboxylic acids is 1. The van der Waals surface area contributed by atoms with E-state index >= 15 is 0 Å². The number of likely N-dealkylation sites (tertiary alicyclic amines) is 1. The van der Waals surface area contributed by atoms with E-state index in [9.17, 15) is 9.90 Å². The molecule has 3 N–H and O–H groups in total. The van der Waals surface area contributed by atoms with Gasteiger partial charge in [0.05, 0.1) is 12.2 Å². The van der Waals surface area contributed by atoms with Crippen LogP contribution >= 0.6 is 0 Å². The van der Waals surface area contributed by atoms with Crippen LogP contribution in [0.2, 0.25) is 0 Å². The van der Waals surface area contributed by atoms with Crippen molar-refractivity contribution in [2.45, 2.75) is 51.7 Å². The van der Waals surface area contributed by atoms with Gasteiger partial charge in [0, 0.05) is 19.6 Å². The largest absolute Gasteiger partial charge is 0.444 e. The lowest BCUT2D eigenvalue weighted by Gasteiger charge is -2.34. The molecule has 0 spiro atoms. The molecular formula is C15H30N2O4. The van der Waals surface area contributed by atoms with Crippen LogP contribution in [0.5, 0.6) is 0 Å². The van der Waals surface area contributed by atoms with E-state index in [1.165, 1.54) is 0 Å². The Morgan fingerprint density at radius 1 is 1.38 bits per heavy atom. The normalized spacial score (nSPS) is 22.8. The van der Waals surface area contributed by atoms with Gasteiger partial charge in [-0.05, 0) is 53.0 Å². The van der Waals surface area contributed by atoms with Crippen molar-refractivity contribution in [1.82, 2.24) is 10.2 Å². The first kappa shape index (κ1) is 18.2. The van der Waals surface area contributed by atoms with Crippen molar-refractivity contribution in [3.8, 4) is 0 Å². The number of hydrogen-bond acceptors (Lipinski definition) is 5. The van der Waals surface area contributed by atoms with Gasteiger partial charge in [-0.2, -0.15) is 0 Å². The van der Waals surface area contributed by atoms with Gasteiger partial charge in [0.25, 0.3) is 0 Å². The van der Waals surface area contributed by atoms with Crippen molar-refractivity contribution in [3.05, 3.63) is 0 Å². The Kier molecular flexibility index (Phi) is 6.43. The molecule has 0 aromatic heterocycles. The standard InChI is InChI=1S/C15H30N2O4/c1-14(2,3)21-13(19)17-7-5-6-12(9-17)8-16-10-15(4,20)11-18/h12,16,18,20H,5-11H2,1-4H3. The minimum absolute atomic E-state index is 0.255. The molecule has 2 unspecified atom stereocenters. The predicted molar refractivity (Wildman–Crippen MR) is 81.1 cm³/mol. The number of aliphatic hydroxyl groups excluding tert-OH is 1. The molecule has 1 heterocycles. The van der Waals surface area contributed by atoms with E-state index in [0.29, 0.717) is 19.0 Å². The van der Waals surface area contributed by atoms with Crippen molar-refractivity contribution in [2.24, 2.45) is 5.92 Å². The molecule has 1 aliphatic heterocycles. The van der Waals surface area contributed by atoms with E-state index in [-0.39, 0.29) is 12.7 Å². The van der Waals surface area contributed by atoms with Crippen LogP contribution in [-0.2, 0) is 4.74 Å². The second-order valence-corrected chi connectivity index (χ2v) is 7.22. The summed E-state index contributed by atoms with van der Waals surface area (Å²) in [4.78, 5) is 13.8. The van der Waals surface area contributed by atoms with Crippen LogP contribution in [0.15, 0.2) is 0 Å². The minimum atomic E-state index is -1.10. The van der Waals surface area contributed by atoms with Gasteiger partial charge in [-0.25, -0.2) is 4.79 Å². The van der Waals surface area contributed by atoms with E-state index in [1.807, 2.05) is 20.8 Å². The Balaban J connectivity index is 2.37. The van der Waals surface area contributed by atoms with Gasteiger partial charge in [0.1, 0.15) is 5.60 Å². The summed E-state index contributed by atoms with van der Waals surface area (Å²) >= 11 is 0. The fourth-order valence-corrected chi connectivity index (χ4v) is 2.33. The maximum atomic E-state index is 12.0. The molecule has 1 amide bonds. The number of hydrogen-bond donors (Lipinski definition) is 3. The first-order valence-electron chi connectivity index (χ1n) is 7.65. The van der Waals surface area contributed by atoms with E-state index in [2.05, 4.69) is 5.32 Å². The van der Waals surface area contributed by atoms with Crippen LogP contribution in [0.25, 0.3) is 0 Å². The molecule has 6 heteroatoms. The van der Waals surface area contributed by atoms with E-state index in [1.54, 1.807) is 11.8 Å². The van der Waals surface area contributed by atoms with Crippen molar-refractivity contribution in [3.63, 3.8) is 0 Å². The second kappa shape index (κ2) is 7.42. The maximum absolute atomic E-state index is 12.0. The third-order valence-electron chi connectivity index (χ3n) is 3.45. The summed E-state index contributed by atoms with van der Waals surface area (Å²) in [5.74, 6) is 0.348. The van der Waals surface area contributed by atoms with Gasteiger partial charge in [0.2, 0.25) is 0 Å². The quantitative estimate of drug-likeness (QED) is 0.705. The predicted octanol–water partition coefficient (Wildman–Crippen LogP) is 0.966. The van der Waals surface area contributed by atoms with E-state index < -0.39 is 11.2 Å². The van der Waals surface area contributed by atoms with E-state index in [4.69, 9.17) is 9.84 Å². The number of nitrogens with zero attached hydrogens (tertiary/aromatic N) is 1. The third-order valence-corrected chi connectivity index (χ3v) is 3.45. The molecule has 6 nitrogen and oxygen atoms in total. The minimum Gasteiger partial charge on any atom is -0.444 e. The third kappa shape index (κ3) is 7.11. The average molecular weight is 302 g/mol. The Morgan fingerprint density at radius 3 is 2.62 bits per heavy atom. The summed E-state index contributed by atoms with van der Waals surface area (Å²) < 4.78 is 5.40. The summed E-state index contributed by atoms with van der Waals surface area (Å²) in [7, 11) is 0. The van der Waals surface area contributed by atoms with Crippen LogP contribution in [0.1, 0.15) is 40.5 Å². The molecule has 1 aliphatic rings. The summed E-state index contributed by atoms with van der Waals surface area (Å²) in [6.07, 6.45) is 1.75. The van der Waals surface area contributed by atoms with Crippen LogP contribution in [-0.4, -0.2) is 65.2 Å². The van der Waals surface area contributed by atoms with Crippen LogP contribution in [0.4, 0.5) is 4.79 Å². The molecule has 21 heavy (non-hydrogen) atoms. The van der Waals surface area contributed by atoms with Gasteiger partial charge in [0.15, 0.2) is 0 Å². The molecule has 1 saturated heterocycles. The van der Waals surface area contributed by atoms with Crippen LogP contribution in [0, 0.1) is 5.92 Å². The lowest BCUT2D eigenvalue weighted by molar-refractivity contribution is 0.000127. The molecule has 124 valence electrons. The molecule has 0 bridgehead atoms. The zero-order valence-electron chi connectivity index (χ0n) is 13.7. The summed E-state index contributed by atoms with van der Waals surface area (Å²) in [5, 5.41) is 21.9. The summed E-state index contributed by atoms with van der Waals surface area (Å²) in [6, 6.07) is 0. The highest BCUT2D eigenvalue weighted by atomic mass is 16.6. The molecule has 0 aliphatic carbocycles. The van der Waals surface area contributed by atoms with E-state index in [0.717, 1.165) is 25.9 Å². The molecule has 0 radical (unpaired) electrons. The Bertz CT molecular complexity index is 339. The van der Waals surface area contributed by atoms with Gasteiger partial charge < -0.3 is 25.2 Å². The lowest BCUT2D eigenvalue weighted by atomic mass is 9.98. The van der Waals surface area contributed by atoms with Gasteiger partial charge in [-0.1, -0.05) is 0 Å². The fraction of sp³-hybridized carbons (Fsp3) is 0.933. The maximum Gasteiger partial charge on any atom is 0.410 e. The molecule has 1 rings (SSSR count). The topological polar surface area (TPSA) is 82.0 Å².